The van der Waals surface area contributed by atoms with Gasteiger partial charge in [0.05, 0.1) is 10.6 Å². The topological polar surface area (TPSA) is 82.7 Å². The van der Waals surface area contributed by atoms with Gasteiger partial charge < -0.3 is 10.6 Å². The second-order valence-electron chi connectivity index (χ2n) is 5.29. The molecule has 3 heterocycles. The van der Waals surface area contributed by atoms with Crippen LogP contribution in [0.25, 0.3) is 10.6 Å². The summed E-state index contributed by atoms with van der Waals surface area (Å²) in [7, 11) is 0. The van der Waals surface area contributed by atoms with Gasteiger partial charge in [0.2, 0.25) is 0 Å². The van der Waals surface area contributed by atoms with E-state index in [9.17, 15) is 4.79 Å². The van der Waals surface area contributed by atoms with Crippen LogP contribution in [-0.2, 0) is 6.54 Å². The van der Waals surface area contributed by atoms with Crippen LogP contribution in [0.4, 0.5) is 0 Å². The smallest absolute Gasteiger partial charge is 0.271 e. The molecule has 0 spiro atoms. The van der Waals surface area contributed by atoms with E-state index in [0.29, 0.717) is 12.2 Å². The van der Waals surface area contributed by atoms with E-state index in [-0.39, 0.29) is 5.91 Å². The number of nitrogens with one attached hydrogen (secondary N) is 3. The Morgan fingerprint density at radius 1 is 1.25 bits per heavy atom. The number of thiophene rings is 1. The molecule has 3 aromatic rings. The van der Waals surface area contributed by atoms with Crippen molar-refractivity contribution in [1.82, 2.24) is 25.8 Å². The minimum atomic E-state index is -0.152. The van der Waals surface area contributed by atoms with Gasteiger partial charge in [-0.2, -0.15) is 5.10 Å². The van der Waals surface area contributed by atoms with E-state index in [1.807, 2.05) is 35.8 Å². The maximum atomic E-state index is 12.1. The Bertz CT molecular complexity index is 754. The first-order valence-electron chi connectivity index (χ1n) is 7.80. The Kier molecular flexibility index (Phi) is 5.70. The Hall–Kier alpha value is -2.51. The molecule has 6 nitrogen and oxygen atoms in total. The number of carbonyl (C=O) groups is 1. The fraction of sp³-hybridized carbons (Fsp3) is 0.235. The first-order chi connectivity index (χ1) is 11.8. The molecular formula is C17H19N5OS. The number of pyridine rings is 1. The van der Waals surface area contributed by atoms with Gasteiger partial charge in [-0.1, -0.05) is 12.1 Å². The monoisotopic (exact) mass is 341 g/mol. The highest BCUT2D eigenvalue weighted by Crippen LogP contribution is 2.22. The summed E-state index contributed by atoms with van der Waals surface area (Å²) in [5, 5.41) is 15.2. The summed E-state index contributed by atoms with van der Waals surface area (Å²) >= 11 is 1.61. The second-order valence-corrected chi connectivity index (χ2v) is 6.24. The lowest BCUT2D eigenvalue weighted by Gasteiger charge is -2.05. The summed E-state index contributed by atoms with van der Waals surface area (Å²) in [6.45, 7) is 2.22. The summed E-state index contributed by atoms with van der Waals surface area (Å²) in [6, 6.07) is 9.70. The van der Waals surface area contributed by atoms with Crippen molar-refractivity contribution in [2.75, 3.05) is 13.1 Å². The van der Waals surface area contributed by atoms with Crippen LogP contribution in [0.3, 0.4) is 0 Å². The Labute approximate surface area is 144 Å². The van der Waals surface area contributed by atoms with Gasteiger partial charge in [-0.15, -0.1) is 11.3 Å². The molecule has 0 aromatic carbocycles. The molecule has 0 aliphatic heterocycles. The third kappa shape index (κ3) is 4.50. The minimum Gasteiger partial charge on any atom is -0.351 e. The molecule has 0 saturated carbocycles. The first kappa shape index (κ1) is 16.4. The number of nitrogens with zero attached hydrogens (tertiary/aromatic N) is 2. The maximum Gasteiger partial charge on any atom is 0.271 e. The van der Waals surface area contributed by atoms with E-state index in [1.165, 1.54) is 0 Å². The van der Waals surface area contributed by atoms with Gasteiger partial charge in [-0.3, -0.25) is 14.9 Å². The molecule has 24 heavy (non-hydrogen) atoms. The van der Waals surface area contributed by atoms with Crippen molar-refractivity contribution in [2.24, 2.45) is 0 Å². The third-order valence-corrected chi connectivity index (χ3v) is 4.37. The second kappa shape index (κ2) is 8.37. The lowest BCUT2D eigenvalue weighted by Crippen LogP contribution is -2.27. The number of rotatable bonds is 8. The number of hydrogen-bond donors (Lipinski definition) is 3. The number of carbonyl (C=O) groups excluding carboxylic acids is 1. The fourth-order valence-corrected chi connectivity index (χ4v) is 2.93. The third-order valence-electron chi connectivity index (χ3n) is 3.46. The zero-order chi connectivity index (χ0) is 16.6. The Balaban J connectivity index is 1.35. The first-order valence-corrected chi connectivity index (χ1v) is 8.68. The summed E-state index contributed by atoms with van der Waals surface area (Å²) < 4.78 is 0. The molecule has 0 aliphatic rings. The van der Waals surface area contributed by atoms with Gasteiger partial charge in [0, 0.05) is 25.5 Å². The van der Waals surface area contributed by atoms with Crippen molar-refractivity contribution in [1.29, 1.82) is 0 Å². The van der Waals surface area contributed by atoms with Crippen molar-refractivity contribution >= 4 is 17.2 Å². The molecule has 0 radical (unpaired) electrons. The highest BCUT2D eigenvalue weighted by molar-refractivity contribution is 7.13. The molecule has 0 saturated heterocycles. The van der Waals surface area contributed by atoms with Gasteiger partial charge in [-0.05, 0) is 42.1 Å². The zero-order valence-electron chi connectivity index (χ0n) is 13.2. The molecule has 0 aliphatic carbocycles. The fourth-order valence-electron chi connectivity index (χ4n) is 2.24. The van der Waals surface area contributed by atoms with Gasteiger partial charge in [-0.25, -0.2) is 0 Å². The summed E-state index contributed by atoms with van der Waals surface area (Å²) in [6.07, 6.45) is 4.46. The van der Waals surface area contributed by atoms with Crippen LogP contribution in [-0.4, -0.2) is 34.2 Å². The molecule has 7 heteroatoms. The van der Waals surface area contributed by atoms with Crippen molar-refractivity contribution in [3.63, 3.8) is 0 Å². The van der Waals surface area contributed by atoms with Gasteiger partial charge >= 0.3 is 0 Å². The van der Waals surface area contributed by atoms with Crippen LogP contribution in [0, 0.1) is 0 Å². The van der Waals surface area contributed by atoms with Crippen molar-refractivity contribution in [3.05, 3.63) is 59.4 Å². The predicted molar refractivity (Wildman–Crippen MR) is 94.8 cm³/mol. The molecule has 0 unspecified atom stereocenters. The molecule has 3 rings (SSSR count). The van der Waals surface area contributed by atoms with E-state index in [4.69, 9.17) is 0 Å². The molecular weight excluding hydrogens is 322 g/mol. The van der Waals surface area contributed by atoms with Crippen LogP contribution in [0.5, 0.6) is 0 Å². The molecule has 3 N–H and O–H groups in total. The number of H-pyrrole nitrogens is 1. The molecule has 1 amide bonds. The molecule has 0 atom stereocenters. The Morgan fingerprint density at radius 2 is 2.21 bits per heavy atom. The lowest BCUT2D eigenvalue weighted by molar-refractivity contribution is 0.0948. The quantitative estimate of drug-likeness (QED) is 0.550. The van der Waals surface area contributed by atoms with Crippen molar-refractivity contribution < 1.29 is 4.79 Å². The predicted octanol–water partition coefficient (Wildman–Crippen LogP) is 2.44. The highest BCUT2D eigenvalue weighted by Gasteiger charge is 2.11. The van der Waals surface area contributed by atoms with Gasteiger partial charge in [0.1, 0.15) is 0 Å². The van der Waals surface area contributed by atoms with Crippen LogP contribution in [0.15, 0.2) is 48.1 Å². The summed E-state index contributed by atoms with van der Waals surface area (Å²) in [4.78, 5) is 17.2. The number of aromatic nitrogens is 3. The highest BCUT2D eigenvalue weighted by atomic mass is 32.1. The van der Waals surface area contributed by atoms with E-state index in [0.717, 1.165) is 35.6 Å². The molecule has 0 fully saturated rings. The number of amides is 1. The molecule has 0 bridgehead atoms. The van der Waals surface area contributed by atoms with E-state index in [1.54, 1.807) is 23.6 Å². The lowest BCUT2D eigenvalue weighted by atomic mass is 10.3. The van der Waals surface area contributed by atoms with Gasteiger partial charge in [0.25, 0.3) is 5.91 Å². The molecule has 3 aromatic heterocycles. The number of hydrogen-bond acceptors (Lipinski definition) is 5. The number of aromatic amines is 1. The van der Waals surface area contributed by atoms with Crippen LogP contribution >= 0.6 is 11.3 Å². The van der Waals surface area contributed by atoms with E-state index < -0.39 is 0 Å². The van der Waals surface area contributed by atoms with Crippen LogP contribution in [0.1, 0.15) is 22.5 Å². The normalized spacial score (nSPS) is 10.7. The summed E-state index contributed by atoms with van der Waals surface area (Å²) in [5.41, 5.74) is 2.44. The average molecular weight is 341 g/mol. The zero-order valence-corrected chi connectivity index (χ0v) is 14.0. The van der Waals surface area contributed by atoms with Crippen LogP contribution < -0.4 is 10.6 Å². The van der Waals surface area contributed by atoms with E-state index in [2.05, 4.69) is 25.8 Å². The standard InChI is InChI=1S/C17H19N5OS/c23-17(15-10-14(21-22-15)16-5-2-9-24-16)20-8-3-7-19-12-13-4-1-6-18-11-13/h1-2,4-6,9-11,19H,3,7-8,12H2,(H,20,23)(H,21,22). The maximum absolute atomic E-state index is 12.1. The van der Waals surface area contributed by atoms with Gasteiger partial charge in [0.15, 0.2) is 5.69 Å². The SMILES string of the molecule is O=C(NCCCNCc1cccnc1)c1cc(-c2cccs2)[nH]n1. The summed E-state index contributed by atoms with van der Waals surface area (Å²) in [5.74, 6) is -0.152. The van der Waals surface area contributed by atoms with Crippen LogP contribution in [0.2, 0.25) is 0 Å². The average Bonchev–Trinajstić information content (AvgIpc) is 3.29. The van der Waals surface area contributed by atoms with Crippen molar-refractivity contribution in [2.45, 2.75) is 13.0 Å². The van der Waals surface area contributed by atoms with E-state index >= 15 is 0 Å². The van der Waals surface area contributed by atoms with Crippen molar-refractivity contribution in [3.8, 4) is 10.6 Å². The minimum absolute atomic E-state index is 0.152. The largest absolute Gasteiger partial charge is 0.351 e. The Morgan fingerprint density at radius 3 is 3.00 bits per heavy atom. The molecule has 124 valence electrons.